The number of fused-ring (bicyclic) bond motifs is 1. The van der Waals surface area contributed by atoms with E-state index < -0.39 is 0 Å². The Hall–Kier alpha value is -1.78. The maximum atomic E-state index is 11.5. The largest absolute Gasteiger partial charge is 0.343 e. The second-order valence-corrected chi connectivity index (χ2v) is 3.28. The molecule has 1 aromatic rings. The zero-order valence-electron chi connectivity index (χ0n) is 7.76. The summed E-state index contributed by atoms with van der Waals surface area (Å²) >= 11 is 0. The van der Waals surface area contributed by atoms with Crippen LogP contribution in [0.2, 0.25) is 0 Å². The van der Waals surface area contributed by atoms with Crippen LogP contribution in [-0.2, 0) is 4.79 Å². The third kappa shape index (κ3) is 1.48. The molecule has 0 bridgehead atoms. The van der Waals surface area contributed by atoms with Gasteiger partial charge < -0.3 is 10.6 Å². The number of benzene rings is 1. The van der Waals surface area contributed by atoms with E-state index in [1.807, 2.05) is 13.9 Å². The third-order valence-corrected chi connectivity index (χ3v) is 2.10. The van der Waals surface area contributed by atoms with E-state index in [0.29, 0.717) is 11.3 Å². The SMILES string of the molecule is Bc1ccc2c(c1)C(=O)NCC(=O)N2. The summed E-state index contributed by atoms with van der Waals surface area (Å²) in [5.74, 6) is -0.400. The first-order chi connectivity index (χ1) is 6.66. The van der Waals surface area contributed by atoms with Gasteiger partial charge in [0.25, 0.3) is 5.91 Å². The lowest BCUT2D eigenvalue weighted by Gasteiger charge is -2.05. The van der Waals surface area contributed by atoms with Gasteiger partial charge in [0.05, 0.1) is 17.8 Å². The number of anilines is 1. The molecule has 1 aliphatic rings. The molecule has 14 heavy (non-hydrogen) atoms. The summed E-state index contributed by atoms with van der Waals surface area (Å²) in [6, 6.07) is 5.36. The molecule has 0 saturated heterocycles. The number of carbonyl (C=O) groups is 2. The summed E-state index contributed by atoms with van der Waals surface area (Å²) in [5, 5.41) is 5.18. The standard InChI is InChI=1S/C9H9BN2O2/c10-5-1-2-7-6(3-5)9(14)11-4-8(13)12-7/h1-3H,4,10H2,(H,11,14)(H,12,13). The van der Waals surface area contributed by atoms with Gasteiger partial charge in [-0.1, -0.05) is 17.6 Å². The minimum Gasteiger partial charge on any atom is -0.343 e. The van der Waals surface area contributed by atoms with E-state index in [4.69, 9.17) is 0 Å². The molecule has 1 heterocycles. The van der Waals surface area contributed by atoms with Crippen molar-refractivity contribution in [3.05, 3.63) is 23.8 Å². The fourth-order valence-corrected chi connectivity index (χ4v) is 1.41. The third-order valence-electron chi connectivity index (χ3n) is 2.10. The van der Waals surface area contributed by atoms with Crippen LogP contribution >= 0.6 is 0 Å². The first kappa shape index (κ1) is 8.81. The minimum absolute atomic E-state index is 0.0343. The van der Waals surface area contributed by atoms with Gasteiger partial charge in [-0.15, -0.1) is 0 Å². The fourth-order valence-electron chi connectivity index (χ4n) is 1.41. The Morgan fingerprint density at radius 3 is 2.86 bits per heavy atom. The molecule has 4 nitrogen and oxygen atoms in total. The Balaban J connectivity index is 2.52. The predicted molar refractivity (Wildman–Crippen MR) is 55.6 cm³/mol. The molecule has 0 atom stereocenters. The number of hydrogen-bond donors (Lipinski definition) is 2. The Morgan fingerprint density at radius 2 is 2.07 bits per heavy atom. The van der Waals surface area contributed by atoms with Gasteiger partial charge in [-0.25, -0.2) is 0 Å². The molecule has 0 aliphatic carbocycles. The van der Waals surface area contributed by atoms with Crippen LogP contribution in [0.3, 0.4) is 0 Å². The van der Waals surface area contributed by atoms with Crippen molar-refractivity contribution >= 4 is 30.8 Å². The van der Waals surface area contributed by atoms with E-state index in [1.54, 1.807) is 12.1 Å². The normalized spacial score (nSPS) is 15.1. The van der Waals surface area contributed by atoms with Gasteiger partial charge in [-0.2, -0.15) is 0 Å². The summed E-state index contributed by atoms with van der Waals surface area (Å²) in [5.41, 5.74) is 2.10. The van der Waals surface area contributed by atoms with Crippen LogP contribution < -0.4 is 16.1 Å². The average molecular weight is 188 g/mol. The molecule has 0 fully saturated rings. The van der Waals surface area contributed by atoms with Crippen LogP contribution in [0.25, 0.3) is 0 Å². The zero-order chi connectivity index (χ0) is 10.1. The first-order valence-corrected chi connectivity index (χ1v) is 4.35. The average Bonchev–Trinajstić information content (AvgIpc) is 2.29. The Labute approximate surface area is 82.1 Å². The van der Waals surface area contributed by atoms with Crippen molar-refractivity contribution < 1.29 is 9.59 Å². The molecule has 1 aromatic carbocycles. The zero-order valence-corrected chi connectivity index (χ0v) is 7.76. The van der Waals surface area contributed by atoms with Crippen LogP contribution in [0, 0.1) is 0 Å². The van der Waals surface area contributed by atoms with Gasteiger partial charge in [0.1, 0.15) is 7.85 Å². The van der Waals surface area contributed by atoms with E-state index in [0.717, 1.165) is 5.46 Å². The molecule has 0 aromatic heterocycles. The monoisotopic (exact) mass is 188 g/mol. The molecule has 2 N–H and O–H groups in total. The van der Waals surface area contributed by atoms with Gasteiger partial charge in [0.2, 0.25) is 5.91 Å². The van der Waals surface area contributed by atoms with Crippen molar-refractivity contribution in [2.45, 2.75) is 0 Å². The molecule has 0 radical (unpaired) electrons. The van der Waals surface area contributed by atoms with Crippen molar-refractivity contribution in [2.24, 2.45) is 0 Å². The molecular weight excluding hydrogens is 179 g/mol. The molecule has 2 rings (SSSR count). The molecule has 1 aliphatic heterocycles. The predicted octanol–water partition coefficient (Wildman–Crippen LogP) is -1.37. The van der Waals surface area contributed by atoms with Crippen LogP contribution in [0.5, 0.6) is 0 Å². The van der Waals surface area contributed by atoms with Crippen LogP contribution in [-0.4, -0.2) is 26.2 Å². The highest BCUT2D eigenvalue weighted by atomic mass is 16.2. The van der Waals surface area contributed by atoms with Gasteiger partial charge in [-0.3, -0.25) is 9.59 Å². The number of rotatable bonds is 0. The Kier molecular flexibility index (Phi) is 2.00. The number of amides is 2. The van der Waals surface area contributed by atoms with Crippen molar-refractivity contribution in [1.29, 1.82) is 0 Å². The highest BCUT2D eigenvalue weighted by Crippen LogP contribution is 2.14. The van der Waals surface area contributed by atoms with Crippen molar-refractivity contribution in [3.8, 4) is 0 Å². The van der Waals surface area contributed by atoms with Crippen molar-refractivity contribution in [2.75, 3.05) is 11.9 Å². The van der Waals surface area contributed by atoms with Gasteiger partial charge in [0.15, 0.2) is 0 Å². The smallest absolute Gasteiger partial charge is 0.253 e. The highest BCUT2D eigenvalue weighted by molar-refractivity contribution is 6.33. The molecule has 2 amide bonds. The summed E-state index contributed by atoms with van der Waals surface area (Å²) in [7, 11) is 1.90. The Morgan fingerprint density at radius 1 is 1.29 bits per heavy atom. The van der Waals surface area contributed by atoms with Gasteiger partial charge >= 0.3 is 0 Å². The minimum atomic E-state index is -0.206. The van der Waals surface area contributed by atoms with Crippen molar-refractivity contribution in [3.63, 3.8) is 0 Å². The number of nitrogens with one attached hydrogen (secondary N) is 2. The molecule has 0 unspecified atom stereocenters. The van der Waals surface area contributed by atoms with E-state index >= 15 is 0 Å². The van der Waals surface area contributed by atoms with E-state index in [1.165, 1.54) is 0 Å². The van der Waals surface area contributed by atoms with E-state index in [-0.39, 0.29) is 18.4 Å². The fraction of sp³-hybridized carbons (Fsp3) is 0.111. The number of carbonyl (C=O) groups excluding carboxylic acids is 2. The molecule has 0 saturated carbocycles. The maximum Gasteiger partial charge on any atom is 0.253 e. The second kappa shape index (κ2) is 3.18. The van der Waals surface area contributed by atoms with Crippen LogP contribution in [0.4, 0.5) is 5.69 Å². The molecule has 0 spiro atoms. The molecule has 70 valence electrons. The summed E-state index contributed by atoms with van der Waals surface area (Å²) in [4.78, 5) is 22.7. The lowest BCUT2D eigenvalue weighted by atomic mass is 9.93. The van der Waals surface area contributed by atoms with Gasteiger partial charge in [0, 0.05) is 0 Å². The second-order valence-electron chi connectivity index (χ2n) is 3.28. The highest BCUT2D eigenvalue weighted by Gasteiger charge is 2.18. The summed E-state index contributed by atoms with van der Waals surface area (Å²) in [6.45, 7) is 0.0343. The van der Waals surface area contributed by atoms with Crippen LogP contribution in [0.1, 0.15) is 10.4 Å². The van der Waals surface area contributed by atoms with E-state index in [9.17, 15) is 9.59 Å². The summed E-state index contributed by atoms with van der Waals surface area (Å²) in [6.07, 6.45) is 0. The molecule has 5 heteroatoms. The number of hydrogen-bond acceptors (Lipinski definition) is 2. The lowest BCUT2D eigenvalue weighted by Crippen LogP contribution is -2.28. The molecular formula is C9H9BN2O2. The summed E-state index contributed by atoms with van der Waals surface area (Å²) < 4.78 is 0. The van der Waals surface area contributed by atoms with E-state index in [2.05, 4.69) is 10.6 Å². The Bertz CT molecular complexity index is 417. The first-order valence-electron chi connectivity index (χ1n) is 4.35. The quantitative estimate of drug-likeness (QED) is 0.493. The van der Waals surface area contributed by atoms with Crippen molar-refractivity contribution in [1.82, 2.24) is 5.32 Å². The topological polar surface area (TPSA) is 58.2 Å². The lowest BCUT2D eigenvalue weighted by molar-refractivity contribution is -0.115. The van der Waals surface area contributed by atoms with Gasteiger partial charge in [-0.05, 0) is 6.07 Å². The maximum absolute atomic E-state index is 11.5. The van der Waals surface area contributed by atoms with Crippen LogP contribution in [0.15, 0.2) is 18.2 Å².